The Morgan fingerprint density at radius 3 is 2.45 bits per heavy atom. The lowest BCUT2D eigenvalue weighted by molar-refractivity contribution is -0.137. The number of rotatable bonds is 4. The standard InChI is InChI=1S/C6H10O2S3/c1-2-5(7)8-4-3-6(9,10)11/h2,9-11H,1,3-4H2. The highest BCUT2D eigenvalue weighted by Crippen LogP contribution is 2.27. The number of esters is 1. The average molecular weight is 210 g/mol. The minimum Gasteiger partial charge on any atom is -0.462 e. The first-order valence-electron chi connectivity index (χ1n) is 2.92. The molecule has 0 aliphatic rings. The van der Waals surface area contributed by atoms with Crippen LogP contribution in [0.1, 0.15) is 6.42 Å². The van der Waals surface area contributed by atoms with Crippen molar-refractivity contribution in [1.82, 2.24) is 0 Å². The van der Waals surface area contributed by atoms with E-state index in [1.807, 2.05) is 0 Å². The van der Waals surface area contributed by atoms with Gasteiger partial charge in [-0.25, -0.2) is 4.79 Å². The predicted octanol–water partition coefficient (Wildman–Crippen LogP) is 1.55. The van der Waals surface area contributed by atoms with Gasteiger partial charge in [0.2, 0.25) is 0 Å². The quantitative estimate of drug-likeness (QED) is 0.284. The first-order chi connectivity index (χ1) is 4.95. The zero-order valence-electron chi connectivity index (χ0n) is 5.86. The summed E-state index contributed by atoms with van der Waals surface area (Å²) in [6, 6.07) is 0. The van der Waals surface area contributed by atoms with Crippen molar-refractivity contribution in [3.63, 3.8) is 0 Å². The van der Waals surface area contributed by atoms with Crippen molar-refractivity contribution in [2.45, 2.75) is 9.83 Å². The van der Waals surface area contributed by atoms with Crippen molar-refractivity contribution >= 4 is 43.9 Å². The molecule has 0 spiro atoms. The van der Waals surface area contributed by atoms with Crippen molar-refractivity contribution in [3.05, 3.63) is 12.7 Å². The summed E-state index contributed by atoms with van der Waals surface area (Å²) in [4.78, 5) is 10.5. The molecular weight excluding hydrogens is 200 g/mol. The number of ether oxygens (including phenoxy) is 1. The molecule has 0 saturated carbocycles. The molecule has 0 aromatic rings. The maximum atomic E-state index is 10.5. The van der Waals surface area contributed by atoms with E-state index < -0.39 is 9.38 Å². The van der Waals surface area contributed by atoms with E-state index in [0.29, 0.717) is 6.42 Å². The van der Waals surface area contributed by atoms with Crippen LogP contribution >= 0.6 is 37.9 Å². The highest BCUT2D eigenvalue weighted by Gasteiger charge is 2.13. The third-order valence-electron chi connectivity index (χ3n) is 0.848. The molecule has 0 heterocycles. The van der Waals surface area contributed by atoms with Crippen molar-refractivity contribution in [2.75, 3.05) is 6.61 Å². The second kappa shape index (κ2) is 5.00. The van der Waals surface area contributed by atoms with Crippen molar-refractivity contribution in [3.8, 4) is 0 Å². The molecule has 0 aliphatic heterocycles. The summed E-state index contributed by atoms with van der Waals surface area (Å²) in [6.45, 7) is 3.50. The largest absolute Gasteiger partial charge is 0.462 e. The minimum atomic E-state index is -0.693. The van der Waals surface area contributed by atoms with Crippen LogP contribution in [0.4, 0.5) is 0 Å². The highest BCUT2D eigenvalue weighted by molar-refractivity contribution is 8.16. The van der Waals surface area contributed by atoms with Crippen LogP contribution < -0.4 is 0 Å². The third kappa shape index (κ3) is 8.16. The average Bonchev–Trinajstić information content (AvgIpc) is 1.85. The van der Waals surface area contributed by atoms with Crippen LogP contribution in [-0.2, 0) is 9.53 Å². The molecule has 0 amide bonds. The Hall–Kier alpha value is 0.260. The van der Waals surface area contributed by atoms with Gasteiger partial charge in [-0.15, -0.1) is 0 Å². The maximum Gasteiger partial charge on any atom is 0.330 e. The monoisotopic (exact) mass is 210 g/mol. The van der Waals surface area contributed by atoms with Crippen LogP contribution in [0.2, 0.25) is 0 Å². The van der Waals surface area contributed by atoms with E-state index in [1.165, 1.54) is 0 Å². The molecule has 0 saturated heterocycles. The van der Waals surface area contributed by atoms with Crippen molar-refractivity contribution < 1.29 is 9.53 Å². The van der Waals surface area contributed by atoms with Gasteiger partial charge in [-0.2, -0.15) is 37.9 Å². The Labute approximate surface area is 82.6 Å². The molecule has 2 nitrogen and oxygen atoms in total. The number of thiol groups is 3. The summed E-state index contributed by atoms with van der Waals surface area (Å²) in [6.07, 6.45) is 1.58. The smallest absolute Gasteiger partial charge is 0.330 e. The van der Waals surface area contributed by atoms with E-state index in [0.717, 1.165) is 6.08 Å². The predicted molar refractivity (Wildman–Crippen MR) is 55.5 cm³/mol. The van der Waals surface area contributed by atoms with Gasteiger partial charge >= 0.3 is 5.97 Å². The van der Waals surface area contributed by atoms with Crippen LogP contribution in [0, 0.1) is 0 Å². The highest BCUT2D eigenvalue weighted by atomic mass is 32.2. The number of carbonyl (C=O) groups is 1. The Morgan fingerprint density at radius 1 is 1.55 bits per heavy atom. The fourth-order valence-electron chi connectivity index (χ4n) is 0.347. The number of hydrogen-bond donors (Lipinski definition) is 3. The third-order valence-corrected chi connectivity index (χ3v) is 1.52. The summed E-state index contributed by atoms with van der Waals surface area (Å²) in [5.74, 6) is -0.441. The summed E-state index contributed by atoms with van der Waals surface area (Å²) >= 11 is 12.0. The van der Waals surface area contributed by atoms with Gasteiger partial charge in [0.15, 0.2) is 0 Å². The van der Waals surface area contributed by atoms with E-state index in [1.54, 1.807) is 0 Å². The lowest BCUT2D eigenvalue weighted by Crippen LogP contribution is -2.10. The topological polar surface area (TPSA) is 26.3 Å². The molecule has 0 N–H and O–H groups in total. The van der Waals surface area contributed by atoms with E-state index in [2.05, 4.69) is 49.2 Å². The fraction of sp³-hybridized carbons (Fsp3) is 0.500. The SMILES string of the molecule is C=CC(=O)OCCC(S)(S)S. The molecule has 5 heteroatoms. The van der Waals surface area contributed by atoms with Gasteiger partial charge in [0.25, 0.3) is 0 Å². The molecule has 0 aliphatic carbocycles. The second-order valence-corrected chi connectivity index (χ2v) is 5.24. The van der Waals surface area contributed by atoms with Crippen LogP contribution in [0.15, 0.2) is 12.7 Å². The summed E-state index contributed by atoms with van der Waals surface area (Å²) in [5.41, 5.74) is 0. The molecule has 64 valence electrons. The molecule has 0 unspecified atom stereocenters. The van der Waals surface area contributed by atoms with E-state index >= 15 is 0 Å². The molecule has 0 radical (unpaired) electrons. The lowest BCUT2D eigenvalue weighted by atomic mass is 10.5. The van der Waals surface area contributed by atoms with Gasteiger partial charge in [-0.05, 0) is 0 Å². The van der Waals surface area contributed by atoms with Gasteiger partial charge in [-0.3, -0.25) is 0 Å². The van der Waals surface area contributed by atoms with E-state index in [4.69, 9.17) is 0 Å². The number of carbonyl (C=O) groups excluding carboxylic acids is 1. The molecule has 0 bridgehead atoms. The van der Waals surface area contributed by atoms with Crippen LogP contribution in [-0.4, -0.2) is 16.0 Å². The summed E-state index contributed by atoms with van der Waals surface area (Å²) < 4.78 is 3.97. The van der Waals surface area contributed by atoms with Gasteiger partial charge < -0.3 is 4.74 Å². The second-order valence-electron chi connectivity index (χ2n) is 1.90. The van der Waals surface area contributed by atoms with Crippen LogP contribution in [0.3, 0.4) is 0 Å². The molecule has 0 atom stereocenters. The molecular formula is C6H10O2S3. The molecule has 0 fully saturated rings. The molecule has 0 aromatic heterocycles. The normalized spacial score (nSPS) is 10.8. The Kier molecular flexibility index (Phi) is 5.12. The number of hydrogen-bond acceptors (Lipinski definition) is 5. The van der Waals surface area contributed by atoms with Gasteiger partial charge in [0.05, 0.1) is 6.61 Å². The Bertz CT molecular complexity index is 150. The Morgan fingerprint density at radius 2 is 2.09 bits per heavy atom. The van der Waals surface area contributed by atoms with E-state index in [9.17, 15) is 4.79 Å². The molecule has 0 rings (SSSR count). The van der Waals surface area contributed by atoms with Crippen molar-refractivity contribution in [2.24, 2.45) is 0 Å². The van der Waals surface area contributed by atoms with Crippen molar-refractivity contribution in [1.29, 1.82) is 0 Å². The molecule has 11 heavy (non-hydrogen) atoms. The fourth-order valence-corrected chi connectivity index (χ4v) is 0.621. The summed E-state index contributed by atoms with van der Waals surface area (Å²) in [5, 5.41) is 0. The zero-order chi connectivity index (χ0) is 8.91. The zero-order valence-corrected chi connectivity index (χ0v) is 8.54. The first-order valence-corrected chi connectivity index (χ1v) is 4.26. The van der Waals surface area contributed by atoms with Gasteiger partial charge in [0.1, 0.15) is 3.41 Å². The minimum absolute atomic E-state index is 0.251. The van der Waals surface area contributed by atoms with Crippen LogP contribution in [0.5, 0.6) is 0 Å². The summed E-state index contributed by atoms with van der Waals surface area (Å²) in [7, 11) is 0. The van der Waals surface area contributed by atoms with E-state index in [-0.39, 0.29) is 6.61 Å². The Balaban J connectivity index is 3.42. The van der Waals surface area contributed by atoms with Crippen LogP contribution in [0.25, 0.3) is 0 Å². The van der Waals surface area contributed by atoms with Gasteiger partial charge in [0, 0.05) is 12.5 Å². The lowest BCUT2D eigenvalue weighted by Gasteiger charge is -2.13. The maximum absolute atomic E-state index is 10.5. The van der Waals surface area contributed by atoms with Gasteiger partial charge in [-0.1, -0.05) is 6.58 Å². The molecule has 0 aromatic carbocycles. The first kappa shape index (κ1) is 11.3.